The molecule has 1 aliphatic carbocycles. The molecule has 0 unspecified atom stereocenters. The molecule has 1 heteroatoms. The highest BCUT2D eigenvalue weighted by molar-refractivity contribution is 4.66. The van der Waals surface area contributed by atoms with E-state index in [2.05, 4.69) is 6.58 Å². The molecule has 0 saturated heterocycles. The van der Waals surface area contributed by atoms with Gasteiger partial charge in [0.2, 0.25) is 0 Å². The molecule has 0 aromatic heterocycles. The Balaban J connectivity index is 2.16. The molecule has 106 valence electrons. The second kappa shape index (κ2) is 11.8. The molecule has 1 rings (SSSR count). The molecule has 1 aliphatic rings. The average molecular weight is 252 g/mol. The zero-order valence-electron chi connectivity index (χ0n) is 12.2. The van der Waals surface area contributed by atoms with Crippen LogP contribution in [0.5, 0.6) is 0 Å². The van der Waals surface area contributed by atoms with Crippen LogP contribution in [-0.4, -0.2) is 12.7 Å². The first kappa shape index (κ1) is 15.8. The topological polar surface area (TPSA) is 9.23 Å². The SMILES string of the molecule is C=CCCCOC1CCCCCCCCCCC1. The summed E-state index contributed by atoms with van der Waals surface area (Å²) in [5.41, 5.74) is 0. The minimum Gasteiger partial charge on any atom is -0.378 e. The molecule has 1 nitrogen and oxygen atoms in total. The van der Waals surface area contributed by atoms with E-state index in [-0.39, 0.29) is 0 Å². The van der Waals surface area contributed by atoms with Gasteiger partial charge in [0.05, 0.1) is 6.10 Å². The van der Waals surface area contributed by atoms with Crippen molar-refractivity contribution in [1.29, 1.82) is 0 Å². The maximum atomic E-state index is 6.04. The molecule has 0 bridgehead atoms. The van der Waals surface area contributed by atoms with Gasteiger partial charge in [0.15, 0.2) is 0 Å². The first-order chi connectivity index (χ1) is 8.93. The fraction of sp³-hybridized carbons (Fsp3) is 0.882. The average Bonchev–Trinajstić information content (AvgIpc) is 2.37. The van der Waals surface area contributed by atoms with Gasteiger partial charge in [0.25, 0.3) is 0 Å². The molecule has 1 fully saturated rings. The van der Waals surface area contributed by atoms with Crippen molar-refractivity contribution in [1.82, 2.24) is 0 Å². The van der Waals surface area contributed by atoms with E-state index in [0.29, 0.717) is 6.10 Å². The van der Waals surface area contributed by atoms with Gasteiger partial charge >= 0.3 is 0 Å². The van der Waals surface area contributed by atoms with E-state index in [1.54, 1.807) is 0 Å². The van der Waals surface area contributed by atoms with Crippen molar-refractivity contribution in [2.24, 2.45) is 0 Å². The van der Waals surface area contributed by atoms with Gasteiger partial charge in [-0.1, -0.05) is 63.9 Å². The molecule has 0 aromatic carbocycles. The first-order valence-electron chi connectivity index (χ1n) is 8.16. The minimum absolute atomic E-state index is 0.536. The van der Waals surface area contributed by atoms with Crippen LogP contribution >= 0.6 is 0 Å². The number of hydrogen-bond donors (Lipinski definition) is 0. The van der Waals surface area contributed by atoms with Crippen LogP contribution in [0.15, 0.2) is 12.7 Å². The lowest BCUT2D eigenvalue weighted by molar-refractivity contribution is 0.0369. The summed E-state index contributed by atoms with van der Waals surface area (Å²) < 4.78 is 6.04. The van der Waals surface area contributed by atoms with Crippen molar-refractivity contribution in [3.8, 4) is 0 Å². The number of ether oxygens (including phenoxy) is 1. The largest absolute Gasteiger partial charge is 0.378 e. The summed E-state index contributed by atoms with van der Waals surface area (Å²) in [6, 6.07) is 0. The van der Waals surface area contributed by atoms with E-state index in [1.165, 1.54) is 70.6 Å². The molecule has 0 aromatic rings. The monoisotopic (exact) mass is 252 g/mol. The first-order valence-corrected chi connectivity index (χ1v) is 8.16. The minimum atomic E-state index is 0.536. The Morgan fingerprint density at radius 3 is 1.83 bits per heavy atom. The van der Waals surface area contributed by atoms with E-state index in [4.69, 9.17) is 4.74 Å². The zero-order chi connectivity index (χ0) is 12.9. The van der Waals surface area contributed by atoms with E-state index in [9.17, 15) is 0 Å². The highest BCUT2D eigenvalue weighted by Crippen LogP contribution is 2.19. The smallest absolute Gasteiger partial charge is 0.0575 e. The summed E-state index contributed by atoms with van der Waals surface area (Å²) in [5, 5.41) is 0. The maximum Gasteiger partial charge on any atom is 0.0575 e. The van der Waals surface area contributed by atoms with Gasteiger partial charge in [-0.25, -0.2) is 0 Å². The maximum absolute atomic E-state index is 6.04. The van der Waals surface area contributed by atoms with Crippen LogP contribution in [0, 0.1) is 0 Å². The Kier molecular flexibility index (Phi) is 10.3. The Bertz CT molecular complexity index is 176. The normalized spacial score (nSPS) is 20.9. The van der Waals surface area contributed by atoms with Crippen LogP contribution in [0.3, 0.4) is 0 Å². The molecule has 0 spiro atoms. The standard InChI is InChI=1S/C17H32O/c1-2-3-13-16-18-17-14-11-9-7-5-4-6-8-10-12-15-17/h2,17H,1,3-16H2. The summed E-state index contributed by atoms with van der Waals surface area (Å²) in [6.07, 6.45) is 20.1. The van der Waals surface area contributed by atoms with Gasteiger partial charge in [-0.2, -0.15) is 0 Å². The number of rotatable bonds is 5. The van der Waals surface area contributed by atoms with E-state index >= 15 is 0 Å². The van der Waals surface area contributed by atoms with Crippen molar-refractivity contribution in [2.75, 3.05) is 6.61 Å². The van der Waals surface area contributed by atoms with Crippen molar-refractivity contribution in [3.63, 3.8) is 0 Å². The van der Waals surface area contributed by atoms with E-state index in [0.717, 1.165) is 19.4 Å². The third-order valence-corrected chi connectivity index (χ3v) is 3.96. The van der Waals surface area contributed by atoms with Crippen LogP contribution in [0.4, 0.5) is 0 Å². The van der Waals surface area contributed by atoms with Crippen molar-refractivity contribution >= 4 is 0 Å². The Morgan fingerprint density at radius 2 is 1.33 bits per heavy atom. The van der Waals surface area contributed by atoms with Gasteiger partial charge in [0.1, 0.15) is 0 Å². The van der Waals surface area contributed by atoms with Crippen LogP contribution in [0.1, 0.15) is 83.5 Å². The Labute approximate surface area is 114 Å². The molecule has 0 radical (unpaired) electrons. The Morgan fingerprint density at radius 1 is 0.833 bits per heavy atom. The molecular weight excluding hydrogens is 220 g/mol. The quantitative estimate of drug-likeness (QED) is 0.454. The molecule has 0 N–H and O–H groups in total. The Hall–Kier alpha value is -0.300. The van der Waals surface area contributed by atoms with Crippen LogP contribution in [-0.2, 0) is 4.74 Å². The van der Waals surface area contributed by atoms with E-state index < -0.39 is 0 Å². The molecule has 0 atom stereocenters. The molecule has 1 saturated carbocycles. The summed E-state index contributed by atoms with van der Waals surface area (Å²) in [5.74, 6) is 0. The van der Waals surface area contributed by atoms with Crippen LogP contribution in [0.25, 0.3) is 0 Å². The third kappa shape index (κ3) is 8.74. The van der Waals surface area contributed by atoms with Gasteiger partial charge in [-0.15, -0.1) is 6.58 Å². The van der Waals surface area contributed by atoms with Crippen molar-refractivity contribution in [2.45, 2.75) is 89.6 Å². The van der Waals surface area contributed by atoms with Gasteiger partial charge in [0, 0.05) is 6.61 Å². The summed E-state index contributed by atoms with van der Waals surface area (Å²) in [4.78, 5) is 0. The molecule has 18 heavy (non-hydrogen) atoms. The summed E-state index contributed by atoms with van der Waals surface area (Å²) >= 11 is 0. The lowest BCUT2D eigenvalue weighted by Crippen LogP contribution is -2.14. The number of unbranched alkanes of at least 4 members (excludes halogenated alkanes) is 1. The highest BCUT2D eigenvalue weighted by Gasteiger charge is 2.09. The van der Waals surface area contributed by atoms with Gasteiger partial charge < -0.3 is 4.74 Å². The summed E-state index contributed by atoms with van der Waals surface area (Å²) in [6.45, 7) is 4.69. The second-order valence-corrected chi connectivity index (χ2v) is 5.68. The predicted octanol–water partition coefficient (Wildman–Crippen LogP) is 5.64. The lowest BCUT2D eigenvalue weighted by Gasteiger charge is -2.18. The lowest BCUT2D eigenvalue weighted by atomic mass is 9.99. The summed E-state index contributed by atoms with van der Waals surface area (Å²) in [7, 11) is 0. The van der Waals surface area contributed by atoms with Gasteiger partial charge in [-0.05, 0) is 25.7 Å². The predicted molar refractivity (Wildman–Crippen MR) is 80.0 cm³/mol. The molecule has 0 heterocycles. The zero-order valence-corrected chi connectivity index (χ0v) is 12.2. The fourth-order valence-corrected chi connectivity index (χ4v) is 2.77. The van der Waals surface area contributed by atoms with Crippen molar-refractivity contribution in [3.05, 3.63) is 12.7 Å². The molecule has 0 amide bonds. The van der Waals surface area contributed by atoms with Crippen LogP contribution < -0.4 is 0 Å². The van der Waals surface area contributed by atoms with Crippen LogP contribution in [0.2, 0.25) is 0 Å². The molecule has 0 aliphatic heterocycles. The van der Waals surface area contributed by atoms with E-state index in [1.807, 2.05) is 6.08 Å². The number of hydrogen-bond acceptors (Lipinski definition) is 1. The second-order valence-electron chi connectivity index (χ2n) is 5.68. The number of allylic oxidation sites excluding steroid dienone is 1. The van der Waals surface area contributed by atoms with Gasteiger partial charge in [-0.3, -0.25) is 0 Å². The third-order valence-electron chi connectivity index (χ3n) is 3.96. The highest BCUT2D eigenvalue weighted by atomic mass is 16.5. The van der Waals surface area contributed by atoms with Crippen molar-refractivity contribution < 1.29 is 4.74 Å². The molecular formula is C17H32O. The fourth-order valence-electron chi connectivity index (χ4n) is 2.77.